The second-order valence-electron chi connectivity index (χ2n) is 4.73. The van der Waals surface area contributed by atoms with Gasteiger partial charge in [0.05, 0.1) is 24.6 Å². The van der Waals surface area contributed by atoms with Crippen molar-refractivity contribution in [3.05, 3.63) is 24.2 Å². The van der Waals surface area contributed by atoms with E-state index in [-0.39, 0.29) is 6.04 Å². The van der Waals surface area contributed by atoms with Crippen molar-refractivity contribution in [3.8, 4) is 0 Å². The molecule has 0 aromatic carbocycles. The Hall–Kier alpha value is -1.29. The number of furan rings is 1. The van der Waals surface area contributed by atoms with Crippen LogP contribution in [0, 0.1) is 11.8 Å². The summed E-state index contributed by atoms with van der Waals surface area (Å²) in [5.74, 6) is 2.08. The zero-order valence-corrected chi connectivity index (χ0v) is 9.10. The summed E-state index contributed by atoms with van der Waals surface area (Å²) in [6, 6.07) is 4.09. The van der Waals surface area contributed by atoms with Crippen molar-refractivity contribution in [2.45, 2.75) is 31.8 Å². The predicted molar refractivity (Wildman–Crippen MR) is 59.4 cm³/mol. The molecule has 2 aliphatic carbocycles. The van der Waals surface area contributed by atoms with Crippen molar-refractivity contribution in [3.63, 3.8) is 0 Å². The Bertz CT molecular complexity index is 386. The van der Waals surface area contributed by atoms with Crippen LogP contribution in [0.1, 0.15) is 25.0 Å². The quantitative estimate of drug-likeness (QED) is 0.605. The van der Waals surface area contributed by atoms with Crippen LogP contribution in [0.15, 0.2) is 28.0 Å². The van der Waals surface area contributed by atoms with Gasteiger partial charge in [0, 0.05) is 5.92 Å². The molecule has 0 amide bonds. The standard InChI is InChI=1S/C12H16N2O2/c15-14-12-9-4-3-8(6-9)11(12)13-7-10-2-1-5-16-10/h1-2,5,8-9,11,13,15H,3-4,6-7H2/b14-12+/t8-,9+,11-/m1/s1. The molecular weight excluding hydrogens is 204 g/mol. The first kappa shape index (κ1) is 9.90. The third-order valence-corrected chi connectivity index (χ3v) is 3.87. The van der Waals surface area contributed by atoms with E-state index >= 15 is 0 Å². The number of hydrogen-bond donors (Lipinski definition) is 2. The van der Waals surface area contributed by atoms with Crippen molar-refractivity contribution < 1.29 is 9.62 Å². The molecule has 0 radical (unpaired) electrons. The predicted octanol–water partition coefficient (Wildman–Crippen LogP) is 2.00. The second-order valence-corrected chi connectivity index (χ2v) is 4.73. The molecule has 2 N–H and O–H groups in total. The lowest BCUT2D eigenvalue weighted by Gasteiger charge is -2.23. The van der Waals surface area contributed by atoms with Crippen LogP contribution in [0.5, 0.6) is 0 Å². The highest BCUT2D eigenvalue weighted by Crippen LogP contribution is 2.42. The van der Waals surface area contributed by atoms with Gasteiger partial charge in [-0.1, -0.05) is 5.16 Å². The molecule has 2 aliphatic rings. The van der Waals surface area contributed by atoms with Gasteiger partial charge in [0.15, 0.2) is 0 Å². The van der Waals surface area contributed by atoms with Gasteiger partial charge in [-0.25, -0.2) is 0 Å². The normalized spacial score (nSPS) is 35.0. The van der Waals surface area contributed by atoms with E-state index in [0.717, 1.165) is 11.5 Å². The number of nitrogens with zero attached hydrogens (tertiary/aromatic N) is 1. The van der Waals surface area contributed by atoms with Crippen molar-refractivity contribution in [2.24, 2.45) is 17.0 Å². The number of rotatable bonds is 3. The van der Waals surface area contributed by atoms with Gasteiger partial charge < -0.3 is 14.9 Å². The van der Waals surface area contributed by atoms with E-state index in [4.69, 9.17) is 9.62 Å². The third kappa shape index (κ3) is 1.53. The van der Waals surface area contributed by atoms with Gasteiger partial charge >= 0.3 is 0 Å². The summed E-state index contributed by atoms with van der Waals surface area (Å²) in [4.78, 5) is 0. The second kappa shape index (κ2) is 3.94. The highest BCUT2D eigenvalue weighted by molar-refractivity contribution is 5.94. The summed E-state index contributed by atoms with van der Waals surface area (Å²) in [5, 5.41) is 15.9. The highest BCUT2D eigenvalue weighted by atomic mass is 16.4. The van der Waals surface area contributed by atoms with Gasteiger partial charge in [-0.3, -0.25) is 0 Å². The molecule has 3 rings (SSSR count). The van der Waals surface area contributed by atoms with Gasteiger partial charge in [-0.05, 0) is 37.3 Å². The van der Waals surface area contributed by atoms with Crippen LogP contribution in [-0.4, -0.2) is 17.0 Å². The van der Waals surface area contributed by atoms with E-state index in [1.54, 1.807) is 6.26 Å². The monoisotopic (exact) mass is 220 g/mol. The molecule has 1 aromatic rings. The number of nitrogens with one attached hydrogen (secondary N) is 1. The van der Waals surface area contributed by atoms with Crippen molar-refractivity contribution in [1.29, 1.82) is 0 Å². The summed E-state index contributed by atoms with van der Waals surface area (Å²) in [6.07, 6.45) is 5.29. The van der Waals surface area contributed by atoms with E-state index in [0.29, 0.717) is 18.4 Å². The van der Waals surface area contributed by atoms with Crippen LogP contribution < -0.4 is 5.32 Å². The van der Waals surface area contributed by atoms with Gasteiger partial charge in [-0.2, -0.15) is 0 Å². The largest absolute Gasteiger partial charge is 0.468 e. The molecule has 4 heteroatoms. The molecule has 4 nitrogen and oxygen atoms in total. The summed E-state index contributed by atoms with van der Waals surface area (Å²) in [7, 11) is 0. The first-order valence-electron chi connectivity index (χ1n) is 5.86. The third-order valence-electron chi connectivity index (χ3n) is 3.87. The highest BCUT2D eigenvalue weighted by Gasteiger charge is 2.45. The Balaban J connectivity index is 1.66. The van der Waals surface area contributed by atoms with Crippen molar-refractivity contribution in [2.75, 3.05) is 0 Å². The molecular formula is C12H16N2O2. The summed E-state index contributed by atoms with van der Waals surface area (Å²) in [6.45, 7) is 0.708. The molecule has 2 saturated carbocycles. The smallest absolute Gasteiger partial charge is 0.117 e. The number of fused-ring (bicyclic) bond motifs is 2. The maximum absolute atomic E-state index is 9.04. The van der Waals surface area contributed by atoms with Crippen molar-refractivity contribution >= 4 is 5.71 Å². The molecule has 0 aliphatic heterocycles. The SMILES string of the molecule is O/N=C1\[C@H]2CC[C@H](C2)[C@H]1NCc1ccco1. The van der Waals surface area contributed by atoms with Gasteiger partial charge in [-0.15, -0.1) is 0 Å². The van der Waals surface area contributed by atoms with Gasteiger partial charge in [0.1, 0.15) is 5.76 Å². The lowest BCUT2D eigenvalue weighted by molar-refractivity contribution is 0.308. The fraction of sp³-hybridized carbons (Fsp3) is 0.583. The fourth-order valence-corrected chi connectivity index (χ4v) is 3.12. The van der Waals surface area contributed by atoms with E-state index < -0.39 is 0 Å². The van der Waals surface area contributed by atoms with E-state index in [1.165, 1.54) is 19.3 Å². The summed E-state index contributed by atoms with van der Waals surface area (Å²) >= 11 is 0. The van der Waals surface area contributed by atoms with E-state index in [2.05, 4.69) is 10.5 Å². The first-order valence-corrected chi connectivity index (χ1v) is 5.86. The zero-order valence-electron chi connectivity index (χ0n) is 9.10. The Kier molecular flexibility index (Phi) is 2.44. The summed E-state index contributed by atoms with van der Waals surface area (Å²) in [5.41, 5.74) is 0.947. The van der Waals surface area contributed by atoms with Crippen LogP contribution in [0.4, 0.5) is 0 Å². The lowest BCUT2D eigenvalue weighted by atomic mass is 9.93. The first-order chi connectivity index (χ1) is 7.88. The number of hydrogen-bond acceptors (Lipinski definition) is 4. The molecule has 3 atom stereocenters. The molecule has 0 unspecified atom stereocenters. The van der Waals surface area contributed by atoms with Crippen LogP contribution in [0.3, 0.4) is 0 Å². The van der Waals surface area contributed by atoms with E-state index in [9.17, 15) is 0 Å². The van der Waals surface area contributed by atoms with Crippen LogP contribution in [0.2, 0.25) is 0 Å². The fourth-order valence-electron chi connectivity index (χ4n) is 3.12. The zero-order chi connectivity index (χ0) is 11.0. The van der Waals surface area contributed by atoms with E-state index in [1.807, 2.05) is 12.1 Å². The van der Waals surface area contributed by atoms with Crippen molar-refractivity contribution in [1.82, 2.24) is 5.32 Å². The minimum absolute atomic E-state index is 0.244. The van der Waals surface area contributed by atoms with Crippen LogP contribution in [-0.2, 0) is 6.54 Å². The minimum Gasteiger partial charge on any atom is -0.468 e. The molecule has 1 heterocycles. The Morgan fingerprint density at radius 1 is 1.50 bits per heavy atom. The topological polar surface area (TPSA) is 57.8 Å². The van der Waals surface area contributed by atoms with Gasteiger partial charge in [0.2, 0.25) is 0 Å². The molecule has 1 aromatic heterocycles. The molecule has 2 fully saturated rings. The average Bonchev–Trinajstić information content (AvgIpc) is 3.01. The Morgan fingerprint density at radius 2 is 2.44 bits per heavy atom. The average molecular weight is 220 g/mol. The molecule has 0 spiro atoms. The molecule has 16 heavy (non-hydrogen) atoms. The molecule has 2 bridgehead atoms. The maximum Gasteiger partial charge on any atom is 0.117 e. The maximum atomic E-state index is 9.04. The summed E-state index contributed by atoms with van der Waals surface area (Å²) < 4.78 is 5.28. The van der Waals surface area contributed by atoms with Gasteiger partial charge in [0.25, 0.3) is 0 Å². The molecule has 86 valence electrons. The Morgan fingerprint density at radius 3 is 3.19 bits per heavy atom. The Labute approximate surface area is 94.3 Å². The van der Waals surface area contributed by atoms with Crippen LogP contribution >= 0.6 is 0 Å². The number of oxime groups is 1. The molecule has 0 saturated heterocycles. The minimum atomic E-state index is 0.244. The lowest BCUT2D eigenvalue weighted by Crippen LogP contribution is -2.40. The van der Waals surface area contributed by atoms with Crippen LogP contribution in [0.25, 0.3) is 0 Å².